The Morgan fingerprint density at radius 1 is 1.35 bits per heavy atom. The van der Waals surface area contributed by atoms with Gasteiger partial charge in [0.05, 0.1) is 5.02 Å². The molecular weight excluding hydrogens is 250 g/mol. The van der Waals surface area contributed by atoms with E-state index in [2.05, 4.69) is 44.3 Å². The summed E-state index contributed by atoms with van der Waals surface area (Å²) in [5.74, 6) is 1.15. The molecule has 0 heterocycles. The predicted octanol–water partition coefficient (Wildman–Crippen LogP) is 4.90. The van der Waals surface area contributed by atoms with Crippen LogP contribution in [0, 0.1) is 0 Å². The van der Waals surface area contributed by atoms with Crippen LogP contribution in [-0.4, -0.2) is 12.3 Å². The molecule has 0 fully saturated rings. The lowest BCUT2D eigenvalue weighted by Crippen LogP contribution is -2.17. The van der Waals surface area contributed by atoms with Crippen LogP contribution in [0.4, 0.5) is 0 Å². The standard InChI is InChI=1S/C14H22ClNS/c1-4-6-9-17-14-8-7-12(10-13(14)15)11(3)16-5-2/h7-8,10-11,16H,4-6,9H2,1-3H3. The Balaban J connectivity index is 2.65. The van der Waals surface area contributed by atoms with Crippen molar-refractivity contribution < 1.29 is 0 Å². The van der Waals surface area contributed by atoms with E-state index in [0.29, 0.717) is 6.04 Å². The van der Waals surface area contributed by atoms with Gasteiger partial charge in [-0.3, -0.25) is 0 Å². The Bertz CT molecular complexity index is 341. The van der Waals surface area contributed by atoms with Crippen molar-refractivity contribution in [2.75, 3.05) is 12.3 Å². The van der Waals surface area contributed by atoms with Crippen molar-refractivity contribution in [3.8, 4) is 0 Å². The lowest BCUT2D eigenvalue weighted by Gasteiger charge is -2.14. The molecule has 0 aliphatic heterocycles. The fourth-order valence-electron chi connectivity index (χ4n) is 1.65. The molecule has 0 spiro atoms. The number of nitrogens with one attached hydrogen (secondary N) is 1. The second-order valence-electron chi connectivity index (χ2n) is 4.17. The van der Waals surface area contributed by atoms with Crippen LogP contribution in [0.3, 0.4) is 0 Å². The summed E-state index contributed by atoms with van der Waals surface area (Å²) in [5.41, 5.74) is 1.26. The maximum atomic E-state index is 6.30. The monoisotopic (exact) mass is 271 g/mol. The summed E-state index contributed by atoms with van der Waals surface area (Å²) in [7, 11) is 0. The Morgan fingerprint density at radius 2 is 2.12 bits per heavy atom. The number of rotatable bonds is 7. The summed E-state index contributed by atoms with van der Waals surface area (Å²) in [6.45, 7) is 7.47. The van der Waals surface area contributed by atoms with Crippen LogP contribution in [0.2, 0.25) is 5.02 Å². The normalized spacial score (nSPS) is 12.7. The van der Waals surface area contributed by atoms with Crippen LogP contribution in [0.15, 0.2) is 23.1 Å². The summed E-state index contributed by atoms with van der Waals surface area (Å²) in [5, 5.41) is 4.28. The topological polar surface area (TPSA) is 12.0 Å². The SMILES string of the molecule is CCCCSc1ccc(C(C)NCC)cc1Cl. The van der Waals surface area contributed by atoms with Gasteiger partial charge in [-0.15, -0.1) is 11.8 Å². The average Bonchev–Trinajstić information content (AvgIpc) is 2.31. The van der Waals surface area contributed by atoms with Crippen molar-refractivity contribution in [1.29, 1.82) is 0 Å². The van der Waals surface area contributed by atoms with Gasteiger partial charge in [0.25, 0.3) is 0 Å². The van der Waals surface area contributed by atoms with Gasteiger partial charge >= 0.3 is 0 Å². The van der Waals surface area contributed by atoms with E-state index < -0.39 is 0 Å². The summed E-state index contributed by atoms with van der Waals surface area (Å²) >= 11 is 8.16. The Kier molecular flexibility index (Phi) is 7.02. The molecule has 96 valence electrons. The quantitative estimate of drug-likeness (QED) is 0.559. The van der Waals surface area contributed by atoms with Gasteiger partial charge in [-0.1, -0.05) is 37.9 Å². The van der Waals surface area contributed by atoms with Gasteiger partial charge in [-0.2, -0.15) is 0 Å². The molecule has 3 heteroatoms. The lowest BCUT2D eigenvalue weighted by molar-refractivity contribution is 0.598. The van der Waals surface area contributed by atoms with Gasteiger partial charge in [0.2, 0.25) is 0 Å². The first-order valence-electron chi connectivity index (χ1n) is 6.34. The predicted molar refractivity (Wildman–Crippen MR) is 79.2 cm³/mol. The van der Waals surface area contributed by atoms with E-state index in [9.17, 15) is 0 Å². The molecule has 1 N–H and O–H groups in total. The van der Waals surface area contributed by atoms with Crippen LogP contribution in [0.1, 0.15) is 45.2 Å². The summed E-state index contributed by atoms with van der Waals surface area (Å²) in [6, 6.07) is 6.77. The molecule has 1 nitrogen and oxygen atoms in total. The second-order valence-corrected chi connectivity index (χ2v) is 5.72. The highest BCUT2D eigenvalue weighted by Gasteiger charge is 2.07. The minimum absolute atomic E-state index is 0.368. The molecule has 1 rings (SSSR count). The maximum absolute atomic E-state index is 6.30. The molecular formula is C14H22ClNS. The number of thioether (sulfide) groups is 1. The van der Waals surface area contributed by atoms with Gasteiger partial charge in [-0.05, 0) is 43.3 Å². The van der Waals surface area contributed by atoms with E-state index in [1.54, 1.807) is 0 Å². The molecule has 0 aromatic heterocycles. The third-order valence-electron chi connectivity index (χ3n) is 2.72. The van der Waals surface area contributed by atoms with Crippen molar-refractivity contribution in [3.05, 3.63) is 28.8 Å². The molecule has 1 unspecified atom stereocenters. The van der Waals surface area contributed by atoms with Gasteiger partial charge < -0.3 is 5.32 Å². The molecule has 0 radical (unpaired) electrons. The van der Waals surface area contributed by atoms with Gasteiger partial charge in [-0.25, -0.2) is 0 Å². The van der Waals surface area contributed by atoms with Gasteiger partial charge in [0.1, 0.15) is 0 Å². The third-order valence-corrected chi connectivity index (χ3v) is 4.31. The Morgan fingerprint density at radius 3 is 2.71 bits per heavy atom. The highest BCUT2D eigenvalue weighted by atomic mass is 35.5. The fourth-order valence-corrected chi connectivity index (χ4v) is 3.02. The summed E-state index contributed by atoms with van der Waals surface area (Å²) in [4.78, 5) is 1.20. The summed E-state index contributed by atoms with van der Waals surface area (Å²) in [6.07, 6.45) is 2.48. The highest BCUT2D eigenvalue weighted by Crippen LogP contribution is 2.30. The van der Waals surface area contributed by atoms with E-state index >= 15 is 0 Å². The largest absolute Gasteiger partial charge is 0.310 e. The van der Waals surface area contributed by atoms with Crippen LogP contribution in [0.25, 0.3) is 0 Å². The maximum Gasteiger partial charge on any atom is 0.0545 e. The van der Waals surface area contributed by atoms with E-state index in [0.717, 1.165) is 17.3 Å². The lowest BCUT2D eigenvalue weighted by atomic mass is 10.1. The van der Waals surface area contributed by atoms with Crippen LogP contribution < -0.4 is 5.32 Å². The number of hydrogen-bond acceptors (Lipinski definition) is 2. The molecule has 0 saturated heterocycles. The number of hydrogen-bond donors (Lipinski definition) is 1. The zero-order valence-electron chi connectivity index (χ0n) is 10.9. The minimum Gasteiger partial charge on any atom is -0.310 e. The van der Waals surface area contributed by atoms with E-state index in [4.69, 9.17) is 11.6 Å². The molecule has 0 aliphatic rings. The fraction of sp³-hybridized carbons (Fsp3) is 0.571. The van der Waals surface area contributed by atoms with E-state index in [1.807, 2.05) is 11.8 Å². The number of unbranched alkanes of at least 4 members (excludes halogenated alkanes) is 1. The van der Waals surface area contributed by atoms with E-state index in [1.165, 1.54) is 23.3 Å². The van der Waals surface area contributed by atoms with Crippen molar-refractivity contribution in [2.45, 2.75) is 44.6 Å². The molecule has 0 amide bonds. The molecule has 0 aliphatic carbocycles. The Hall–Kier alpha value is -0.180. The number of halogens is 1. The first-order chi connectivity index (χ1) is 8.19. The van der Waals surface area contributed by atoms with E-state index in [-0.39, 0.29) is 0 Å². The molecule has 1 aromatic rings. The van der Waals surface area contributed by atoms with Crippen molar-refractivity contribution in [1.82, 2.24) is 5.32 Å². The first-order valence-corrected chi connectivity index (χ1v) is 7.71. The van der Waals surface area contributed by atoms with Crippen molar-refractivity contribution in [3.63, 3.8) is 0 Å². The number of benzene rings is 1. The minimum atomic E-state index is 0.368. The zero-order valence-corrected chi connectivity index (χ0v) is 12.5. The van der Waals surface area contributed by atoms with Crippen molar-refractivity contribution in [2.24, 2.45) is 0 Å². The highest BCUT2D eigenvalue weighted by molar-refractivity contribution is 7.99. The van der Waals surface area contributed by atoms with Crippen LogP contribution >= 0.6 is 23.4 Å². The molecule has 0 saturated carbocycles. The molecule has 17 heavy (non-hydrogen) atoms. The molecule has 1 aromatic carbocycles. The molecule has 0 bridgehead atoms. The van der Waals surface area contributed by atoms with Crippen LogP contribution in [-0.2, 0) is 0 Å². The van der Waals surface area contributed by atoms with Crippen LogP contribution in [0.5, 0.6) is 0 Å². The van der Waals surface area contributed by atoms with Crippen molar-refractivity contribution >= 4 is 23.4 Å². The third kappa shape index (κ3) is 4.90. The molecule has 1 atom stereocenters. The van der Waals surface area contributed by atoms with Gasteiger partial charge in [0, 0.05) is 10.9 Å². The average molecular weight is 272 g/mol. The zero-order chi connectivity index (χ0) is 12.7. The van der Waals surface area contributed by atoms with Gasteiger partial charge in [0.15, 0.2) is 0 Å². The summed E-state index contributed by atoms with van der Waals surface area (Å²) < 4.78 is 0. The smallest absolute Gasteiger partial charge is 0.0545 e. The second kappa shape index (κ2) is 8.02. The first kappa shape index (κ1) is 14.9. The Labute approximate surface area is 114 Å².